The maximum atomic E-state index is 12.7. The quantitative estimate of drug-likeness (QED) is 0.436. The first-order chi connectivity index (χ1) is 14.4. The summed E-state index contributed by atoms with van der Waals surface area (Å²) in [6.07, 6.45) is 1.55. The third-order valence-corrected chi connectivity index (χ3v) is 8.17. The Morgan fingerprint density at radius 1 is 1.13 bits per heavy atom. The van der Waals surface area contributed by atoms with Crippen LogP contribution in [-0.2, 0) is 16.6 Å². The van der Waals surface area contributed by atoms with Crippen molar-refractivity contribution in [2.45, 2.75) is 10.8 Å². The minimum absolute atomic E-state index is 0.0239. The number of piperazine rings is 1. The van der Waals surface area contributed by atoms with Crippen LogP contribution in [0.1, 0.15) is 5.76 Å². The summed E-state index contributed by atoms with van der Waals surface area (Å²) in [5.41, 5.74) is 1.17. The van der Waals surface area contributed by atoms with Gasteiger partial charge in [0.25, 0.3) is 15.7 Å². The molecule has 0 unspecified atom stereocenters. The standard InChI is InChI=1S/C19H20N4O5S2/c24-23(25)18-6-5-15(13-17(18)20-14-16-3-1-11-28-16)21-7-9-22(10-8-21)30(26,27)19-4-2-12-29-19/h1-6,11-13,20H,7-10,14H2. The Hall–Kier alpha value is -2.89. The van der Waals surface area contributed by atoms with Gasteiger partial charge in [0.1, 0.15) is 15.7 Å². The zero-order chi connectivity index (χ0) is 21.1. The van der Waals surface area contributed by atoms with Gasteiger partial charge in [-0.1, -0.05) is 6.07 Å². The van der Waals surface area contributed by atoms with Crippen molar-refractivity contribution in [1.82, 2.24) is 4.31 Å². The molecule has 3 aromatic rings. The highest BCUT2D eigenvalue weighted by Gasteiger charge is 2.29. The van der Waals surface area contributed by atoms with Crippen LogP contribution in [0, 0.1) is 10.1 Å². The highest BCUT2D eigenvalue weighted by Crippen LogP contribution is 2.31. The molecule has 0 amide bonds. The van der Waals surface area contributed by atoms with Gasteiger partial charge in [-0.15, -0.1) is 11.3 Å². The molecule has 0 bridgehead atoms. The van der Waals surface area contributed by atoms with Gasteiger partial charge in [0.05, 0.1) is 17.7 Å². The minimum atomic E-state index is -3.47. The largest absolute Gasteiger partial charge is 0.467 e. The highest BCUT2D eigenvalue weighted by molar-refractivity contribution is 7.91. The lowest BCUT2D eigenvalue weighted by atomic mass is 10.2. The van der Waals surface area contributed by atoms with E-state index in [9.17, 15) is 18.5 Å². The third kappa shape index (κ3) is 4.18. The Balaban J connectivity index is 1.48. The van der Waals surface area contributed by atoms with Crippen molar-refractivity contribution in [1.29, 1.82) is 0 Å². The molecule has 9 nitrogen and oxygen atoms in total. The van der Waals surface area contributed by atoms with Crippen LogP contribution >= 0.6 is 11.3 Å². The number of nitro benzene ring substituents is 1. The predicted octanol–water partition coefficient (Wildman–Crippen LogP) is 3.37. The summed E-state index contributed by atoms with van der Waals surface area (Å²) in [5, 5.41) is 16.2. The van der Waals surface area contributed by atoms with Crippen molar-refractivity contribution < 1.29 is 17.8 Å². The van der Waals surface area contributed by atoms with Crippen LogP contribution in [0.2, 0.25) is 0 Å². The van der Waals surface area contributed by atoms with Crippen molar-refractivity contribution in [2.75, 3.05) is 36.4 Å². The van der Waals surface area contributed by atoms with Crippen LogP contribution in [0.3, 0.4) is 0 Å². The first-order valence-electron chi connectivity index (χ1n) is 9.28. The van der Waals surface area contributed by atoms with E-state index in [0.29, 0.717) is 48.4 Å². The molecule has 0 spiro atoms. The number of thiophene rings is 1. The van der Waals surface area contributed by atoms with E-state index >= 15 is 0 Å². The average Bonchev–Trinajstić information content (AvgIpc) is 3.46. The molecule has 3 heterocycles. The summed E-state index contributed by atoms with van der Waals surface area (Å²) >= 11 is 1.21. The van der Waals surface area contributed by atoms with Gasteiger partial charge in [0.15, 0.2) is 0 Å². The highest BCUT2D eigenvalue weighted by atomic mass is 32.2. The lowest BCUT2D eigenvalue weighted by Crippen LogP contribution is -2.48. The van der Waals surface area contributed by atoms with E-state index in [1.165, 1.54) is 21.7 Å². The molecule has 1 N–H and O–H groups in total. The SMILES string of the molecule is O=[N+]([O-])c1ccc(N2CCN(S(=O)(=O)c3cccs3)CC2)cc1NCc1ccco1. The van der Waals surface area contributed by atoms with Gasteiger partial charge in [-0.2, -0.15) is 4.31 Å². The number of hydrogen-bond acceptors (Lipinski definition) is 8. The summed E-state index contributed by atoms with van der Waals surface area (Å²) in [6.45, 7) is 2.03. The number of benzene rings is 1. The zero-order valence-corrected chi connectivity index (χ0v) is 17.6. The smallest absolute Gasteiger partial charge is 0.292 e. The summed E-state index contributed by atoms with van der Waals surface area (Å²) < 4.78 is 32.5. The van der Waals surface area contributed by atoms with Gasteiger partial charge in [-0.25, -0.2) is 8.42 Å². The van der Waals surface area contributed by atoms with Crippen molar-refractivity contribution in [3.63, 3.8) is 0 Å². The molecule has 2 aromatic heterocycles. The van der Waals surface area contributed by atoms with E-state index in [-0.39, 0.29) is 5.69 Å². The van der Waals surface area contributed by atoms with E-state index in [4.69, 9.17) is 4.42 Å². The zero-order valence-electron chi connectivity index (χ0n) is 15.9. The molecule has 1 aromatic carbocycles. The summed E-state index contributed by atoms with van der Waals surface area (Å²) in [7, 11) is -3.47. The number of rotatable bonds is 7. The fraction of sp³-hybridized carbons (Fsp3) is 0.263. The van der Waals surface area contributed by atoms with E-state index < -0.39 is 14.9 Å². The first-order valence-corrected chi connectivity index (χ1v) is 11.6. The van der Waals surface area contributed by atoms with E-state index in [2.05, 4.69) is 5.32 Å². The Kier molecular flexibility index (Phi) is 5.75. The Labute approximate surface area is 177 Å². The number of sulfonamides is 1. The maximum Gasteiger partial charge on any atom is 0.292 e. The molecule has 30 heavy (non-hydrogen) atoms. The molecule has 1 saturated heterocycles. The van der Waals surface area contributed by atoms with Crippen LogP contribution in [0.15, 0.2) is 62.7 Å². The molecule has 11 heteroatoms. The number of furan rings is 1. The summed E-state index contributed by atoms with van der Waals surface area (Å²) in [5.74, 6) is 0.669. The number of nitro groups is 1. The van der Waals surface area contributed by atoms with Gasteiger partial charge < -0.3 is 14.6 Å². The van der Waals surface area contributed by atoms with Gasteiger partial charge in [-0.3, -0.25) is 10.1 Å². The van der Waals surface area contributed by atoms with Crippen molar-refractivity contribution in [3.05, 3.63) is 70.0 Å². The molecule has 1 fully saturated rings. The van der Waals surface area contributed by atoms with Gasteiger partial charge in [0, 0.05) is 37.9 Å². The van der Waals surface area contributed by atoms with E-state index in [0.717, 1.165) is 5.69 Å². The second-order valence-corrected chi connectivity index (χ2v) is 9.83. The Morgan fingerprint density at radius 3 is 2.57 bits per heavy atom. The maximum absolute atomic E-state index is 12.7. The summed E-state index contributed by atoms with van der Waals surface area (Å²) in [4.78, 5) is 13.0. The molecule has 158 valence electrons. The van der Waals surface area contributed by atoms with Crippen LogP contribution < -0.4 is 10.2 Å². The number of hydrogen-bond donors (Lipinski definition) is 1. The molecule has 1 aliphatic rings. The number of nitrogens with zero attached hydrogens (tertiary/aromatic N) is 3. The minimum Gasteiger partial charge on any atom is -0.467 e. The molecule has 0 aliphatic carbocycles. The molecule has 0 atom stereocenters. The second-order valence-electron chi connectivity index (χ2n) is 6.71. The van der Waals surface area contributed by atoms with E-state index in [1.54, 1.807) is 48.0 Å². The molecule has 0 radical (unpaired) electrons. The second kappa shape index (κ2) is 8.46. The number of anilines is 2. The third-order valence-electron chi connectivity index (χ3n) is 4.90. The molecular weight excluding hydrogens is 428 g/mol. The monoisotopic (exact) mass is 448 g/mol. The van der Waals surface area contributed by atoms with Gasteiger partial charge in [-0.05, 0) is 35.7 Å². The molecule has 1 aliphatic heterocycles. The van der Waals surface area contributed by atoms with Gasteiger partial charge >= 0.3 is 0 Å². The topological polar surface area (TPSA) is 109 Å². The van der Waals surface area contributed by atoms with Crippen molar-refractivity contribution in [3.8, 4) is 0 Å². The van der Waals surface area contributed by atoms with Crippen LogP contribution in [0.4, 0.5) is 17.1 Å². The lowest BCUT2D eigenvalue weighted by molar-refractivity contribution is -0.384. The first kappa shape index (κ1) is 20.4. The molecular formula is C19H20N4O5S2. The Morgan fingerprint density at radius 2 is 1.93 bits per heavy atom. The normalized spacial score (nSPS) is 15.3. The predicted molar refractivity (Wildman–Crippen MR) is 114 cm³/mol. The van der Waals surface area contributed by atoms with Crippen molar-refractivity contribution in [2.24, 2.45) is 0 Å². The van der Waals surface area contributed by atoms with Gasteiger partial charge in [0.2, 0.25) is 0 Å². The fourth-order valence-electron chi connectivity index (χ4n) is 3.34. The molecule has 4 rings (SSSR count). The van der Waals surface area contributed by atoms with E-state index in [1.807, 2.05) is 4.90 Å². The molecule has 0 saturated carbocycles. The van der Waals surface area contributed by atoms with Crippen LogP contribution in [0.5, 0.6) is 0 Å². The van der Waals surface area contributed by atoms with Crippen LogP contribution in [0.25, 0.3) is 0 Å². The van der Waals surface area contributed by atoms with Crippen molar-refractivity contribution >= 4 is 38.4 Å². The number of nitrogens with one attached hydrogen (secondary N) is 1. The average molecular weight is 449 g/mol. The fourth-order valence-corrected chi connectivity index (χ4v) is 5.91. The lowest BCUT2D eigenvalue weighted by Gasteiger charge is -2.35. The Bertz CT molecular complexity index is 1110. The van der Waals surface area contributed by atoms with Crippen LogP contribution in [-0.4, -0.2) is 43.8 Å². The summed E-state index contributed by atoms with van der Waals surface area (Å²) in [6, 6.07) is 11.8.